The van der Waals surface area contributed by atoms with Gasteiger partial charge in [-0.05, 0) is 77.2 Å². The van der Waals surface area contributed by atoms with Crippen molar-refractivity contribution >= 4 is 49.2 Å². The van der Waals surface area contributed by atoms with Crippen LogP contribution in [0.15, 0.2) is 146 Å². The van der Waals surface area contributed by atoms with Crippen molar-refractivity contribution in [2.24, 2.45) is 0 Å². The monoisotopic (exact) mass is 548 g/mol. The van der Waals surface area contributed by atoms with Crippen molar-refractivity contribution in [1.29, 1.82) is 0 Å². The zero-order valence-corrected chi connectivity index (χ0v) is 23.9. The van der Waals surface area contributed by atoms with E-state index >= 15 is 0 Å². The van der Waals surface area contributed by atoms with Gasteiger partial charge in [0.05, 0.1) is 27.8 Å². The molecule has 202 valence electrons. The number of fused-ring (bicyclic) bond motifs is 10. The molecule has 0 fully saturated rings. The van der Waals surface area contributed by atoms with Crippen LogP contribution in [0.2, 0.25) is 0 Å². The number of aryl methyl sites for hydroxylation is 1. The summed E-state index contributed by atoms with van der Waals surface area (Å²) in [4.78, 5) is 0. The number of benzene rings is 6. The topological polar surface area (TPSA) is 9.86 Å². The highest BCUT2D eigenvalue weighted by atomic mass is 15.0. The Bertz CT molecular complexity index is 2470. The molecule has 1 aliphatic rings. The lowest BCUT2D eigenvalue weighted by molar-refractivity contribution is 1.17. The third kappa shape index (κ3) is 3.18. The first-order valence-corrected chi connectivity index (χ1v) is 14.8. The Morgan fingerprint density at radius 2 is 1.09 bits per heavy atom. The zero-order chi connectivity index (χ0) is 28.7. The van der Waals surface area contributed by atoms with Crippen molar-refractivity contribution in [2.45, 2.75) is 6.92 Å². The van der Waals surface area contributed by atoms with E-state index in [1.807, 2.05) is 6.08 Å². The second kappa shape index (κ2) is 8.95. The van der Waals surface area contributed by atoms with E-state index in [1.165, 1.54) is 88.4 Å². The van der Waals surface area contributed by atoms with Gasteiger partial charge in [-0.25, -0.2) is 0 Å². The number of allylic oxidation sites excluding steroid dienone is 2. The molecule has 0 N–H and O–H groups in total. The highest BCUT2D eigenvalue weighted by Gasteiger charge is 2.29. The van der Waals surface area contributed by atoms with Gasteiger partial charge in [-0.1, -0.05) is 104 Å². The highest BCUT2D eigenvalue weighted by Crippen LogP contribution is 2.50. The normalized spacial score (nSPS) is 13.4. The number of hydrogen-bond acceptors (Lipinski definition) is 0. The molecule has 6 aromatic carbocycles. The molecule has 0 saturated carbocycles. The molecule has 0 atom stereocenters. The summed E-state index contributed by atoms with van der Waals surface area (Å²) in [5.41, 5.74) is 14.9. The van der Waals surface area contributed by atoms with Crippen LogP contribution in [0, 0.1) is 6.92 Å². The standard InChI is InChI=1S/C41H28N2/c1-3-13-29-28-16-7-8-17-30(28)39-36(23-22-26(2)38(29)39)43-34-21-12-10-19-32(34)41-37(43)25-24-35-40(41)31-18-9-11-20-33(31)42(35)27-14-5-4-6-15-27/h3-25H,1H2,2H3/b29-13-. The fraction of sp³-hybridized carbons (Fsp3) is 0.0244. The lowest BCUT2D eigenvalue weighted by Gasteiger charge is -2.16. The summed E-state index contributed by atoms with van der Waals surface area (Å²) in [5, 5.41) is 5.12. The van der Waals surface area contributed by atoms with Crippen molar-refractivity contribution in [1.82, 2.24) is 9.13 Å². The number of para-hydroxylation sites is 3. The predicted octanol–water partition coefficient (Wildman–Crippen LogP) is 10.8. The minimum absolute atomic E-state index is 1.17. The molecule has 2 heteroatoms. The molecule has 2 aromatic heterocycles. The molecule has 8 aromatic rings. The van der Waals surface area contributed by atoms with E-state index in [9.17, 15) is 0 Å². The number of nitrogens with zero attached hydrogens (tertiary/aromatic N) is 2. The zero-order valence-electron chi connectivity index (χ0n) is 23.9. The molecule has 0 amide bonds. The number of rotatable bonds is 3. The van der Waals surface area contributed by atoms with Gasteiger partial charge in [0.15, 0.2) is 0 Å². The Morgan fingerprint density at radius 1 is 0.512 bits per heavy atom. The van der Waals surface area contributed by atoms with E-state index in [1.54, 1.807) is 0 Å². The van der Waals surface area contributed by atoms with Crippen LogP contribution in [0.25, 0.3) is 71.7 Å². The van der Waals surface area contributed by atoms with Crippen LogP contribution in [-0.4, -0.2) is 9.13 Å². The van der Waals surface area contributed by atoms with E-state index in [-0.39, 0.29) is 0 Å². The van der Waals surface area contributed by atoms with Gasteiger partial charge in [-0.2, -0.15) is 0 Å². The lowest BCUT2D eigenvalue weighted by Crippen LogP contribution is -1.99. The molecule has 0 radical (unpaired) electrons. The summed E-state index contributed by atoms with van der Waals surface area (Å²) >= 11 is 0. The Labute approximate surface area is 250 Å². The molecule has 1 aliphatic carbocycles. The van der Waals surface area contributed by atoms with Gasteiger partial charge < -0.3 is 9.13 Å². The smallest absolute Gasteiger partial charge is 0.0549 e. The Balaban J connectivity index is 1.47. The number of hydrogen-bond donors (Lipinski definition) is 0. The summed E-state index contributed by atoms with van der Waals surface area (Å²) in [6.07, 6.45) is 4.07. The first-order valence-electron chi connectivity index (χ1n) is 14.8. The summed E-state index contributed by atoms with van der Waals surface area (Å²) in [6, 6.07) is 46.4. The van der Waals surface area contributed by atoms with E-state index < -0.39 is 0 Å². The summed E-state index contributed by atoms with van der Waals surface area (Å²) in [5.74, 6) is 0. The van der Waals surface area contributed by atoms with Crippen LogP contribution in [0.4, 0.5) is 0 Å². The lowest BCUT2D eigenvalue weighted by atomic mass is 9.97. The third-order valence-corrected chi connectivity index (χ3v) is 9.16. The summed E-state index contributed by atoms with van der Waals surface area (Å²) in [6.45, 7) is 6.27. The van der Waals surface area contributed by atoms with Crippen LogP contribution in [0.5, 0.6) is 0 Å². The average Bonchev–Trinajstić information content (AvgIpc) is 3.69. The molecular formula is C41H28N2. The first-order chi connectivity index (χ1) is 21.3. The fourth-order valence-electron chi connectivity index (χ4n) is 7.50. The maximum absolute atomic E-state index is 4.05. The van der Waals surface area contributed by atoms with Gasteiger partial charge >= 0.3 is 0 Å². The minimum atomic E-state index is 1.17. The molecule has 9 rings (SSSR count). The maximum atomic E-state index is 4.05. The second-order valence-electron chi connectivity index (χ2n) is 11.4. The molecule has 0 bridgehead atoms. The molecule has 2 heterocycles. The maximum Gasteiger partial charge on any atom is 0.0549 e. The van der Waals surface area contributed by atoms with Gasteiger partial charge in [0.25, 0.3) is 0 Å². The van der Waals surface area contributed by atoms with Crippen LogP contribution in [0.1, 0.15) is 16.7 Å². The summed E-state index contributed by atoms with van der Waals surface area (Å²) < 4.78 is 4.90. The van der Waals surface area contributed by atoms with Crippen LogP contribution < -0.4 is 0 Å². The Hall–Kier alpha value is -5.60. The quantitative estimate of drug-likeness (QED) is 0.208. The van der Waals surface area contributed by atoms with Crippen LogP contribution in [-0.2, 0) is 0 Å². The Morgan fingerprint density at radius 3 is 1.79 bits per heavy atom. The van der Waals surface area contributed by atoms with Crippen molar-refractivity contribution in [2.75, 3.05) is 0 Å². The molecular weight excluding hydrogens is 520 g/mol. The van der Waals surface area contributed by atoms with Crippen molar-refractivity contribution in [3.8, 4) is 22.5 Å². The predicted molar refractivity (Wildman–Crippen MR) is 183 cm³/mol. The fourth-order valence-corrected chi connectivity index (χ4v) is 7.50. The van der Waals surface area contributed by atoms with Gasteiger partial charge in [0.1, 0.15) is 0 Å². The third-order valence-electron chi connectivity index (χ3n) is 9.16. The highest BCUT2D eigenvalue weighted by molar-refractivity contribution is 6.29. The van der Waals surface area contributed by atoms with Crippen LogP contribution in [0.3, 0.4) is 0 Å². The van der Waals surface area contributed by atoms with E-state index in [0.717, 1.165) is 0 Å². The van der Waals surface area contributed by atoms with Gasteiger partial charge in [0, 0.05) is 32.8 Å². The minimum Gasteiger partial charge on any atom is -0.309 e. The SMILES string of the molecule is C=C/C=C1/c2ccccc2-c2c(-n3c4ccccc4c4c5c6ccccc6n(-c6ccccc6)c5ccc43)ccc(C)c21. The van der Waals surface area contributed by atoms with Crippen molar-refractivity contribution in [3.05, 3.63) is 163 Å². The molecule has 0 aliphatic heterocycles. The van der Waals surface area contributed by atoms with E-state index in [2.05, 4.69) is 156 Å². The molecule has 0 spiro atoms. The van der Waals surface area contributed by atoms with Gasteiger partial charge in [-0.15, -0.1) is 0 Å². The van der Waals surface area contributed by atoms with E-state index in [4.69, 9.17) is 0 Å². The molecule has 43 heavy (non-hydrogen) atoms. The van der Waals surface area contributed by atoms with Crippen molar-refractivity contribution < 1.29 is 0 Å². The van der Waals surface area contributed by atoms with Gasteiger partial charge in [0.2, 0.25) is 0 Å². The largest absolute Gasteiger partial charge is 0.309 e. The van der Waals surface area contributed by atoms with E-state index in [0.29, 0.717) is 0 Å². The second-order valence-corrected chi connectivity index (χ2v) is 11.4. The average molecular weight is 549 g/mol. The van der Waals surface area contributed by atoms with Crippen LogP contribution >= 0.6 is 0 Å². The summed E-state index contributed by atoms with van der Waals surface area (Å²) in [7, 11) is 0. The molecule has 0 unspecified atom stereocenters. The first kappa shape index (κ1) is 24.0. The Kier molecular flexibility index (Phi) is 5.00. The van der Waals surface area contributed by atoms with Gasteiger partial charge in [-0.3, -0.25) is 0 Å². The molecule has 0 saturated heterocycles. The molecule has 2 nitrogen and oxygen atoms in total. The van der Waals surface area contributed by atoms with Crippen molar-refractivity contribution in [3.63, 3.8) is 0 Å². The number of aromatic nitrogens is 2.